The molecule has 2 N–H and O–H groups in total. The van der Waals surface area contributed by atoms with Gasteiger partial charge >= 0.3 is 0 Å². The number of sulfone groups is 1. The first-order valence-corrected chi connectivity index (χ1v) is 10.8. The van der Waals surface area contributed by atoms with Gasteiger partial charge in [-0.3, -0.25) is 4.79 Å². The van der Waals surface area contributed by atoms with Crippen molar-refractivity contribution in [1.29, 1.82) is 0 Å². The van der Waals surface area contributed by atoms with Crippen molar-refractivity contribution < 1.29 is 22.0 Å². The van der Waals surface area contributed by atoms with Crippen LogP contribution in [0.2, 0.25) is 0 Å². The first kappa shape index (κ1) is 23.8. The van der Waals surface area contributed by atoms with Crippen LogP contribution in [-0.2, 0) is 14.6 Å². The zero-order valence-electron chi connectivity index (χ0n) is 15.3. The van der Waals surface area contributed by atoms with Crippen molar-refractivity contribution in [3.8, 4) is 0 Å². The first-order chi connectivity index (χ1) is 12.3. The average Bonchev–Trinajstić information content (AvgIpc) is 2.57. The smallest absolute Gasteiger partial charge is 0.235 e. The molecule has 0 bridgehead atoms. The predicted molar refractivity (Wildman–Crippen MR) is 104 cm³/mol. The van der Waals surface area contributed by atoms with Gasteiger partial charge in [0.1, 0.15) is 5.75 Å². The van der Waals surface area contributed by atoms with Crippen LogP contribution >= 0.6 is 12.4 Å². The van der Waals surface area contributed by atoms with Gasteiger partial charge < -0.3 is 10.6 Å². The Hall–Kier alpha value is -1.25. The minimum Gasteiger partial charge on any atom is -0.351 e. The summed E-state index contributed by atoms with van der Waals surface area (Å²) < 4.78 is 50.7. The molecule has 2 atom stereocenters. The van der Waals surface area contributed by atoms with E-state index in [9.17, 15) is 22.0 Å². The van der Waals surface area contributed by atoms with Gasteiger partial charge in [0.15, 0.2) is 21.5 Å². The third kappa shape index (κ3) is 7.35. The molecule has 9 heteroatoms. The van der Waals surface area contributed by atoms with Crippen LogP contribution in [0, 0.1) is 11.6 Å². The molecule has 0 saturated carbocycles. The van der Waals surface area contributed by atoms with E-state index in [0.29, 0.717) is 31.5 Å². The van der Waals surface area contributed by atoms with Crippen LogP contribution in [0.4, 0.5) is 8.78 Å². The SMILES string of the molecule is CCCCCS(=O)(=O)CC(=O)NC1CNCCC1c1ccc(F)c(F)c1.Cl. The van der Waals surface area contributed by atoms with Crippen LogP contribution in [0.25, 0.3) is 0 Å². The van der Waals surface area contributed by atoms with Crippen molar-refractivity contribution in [1.82, 2.24) is 10.6 Å². The van der Waals surface area contributed by atoms with E-state index in [-0.39, 0.29) is 30.1 Å². The van der Waals surface area contributed by atoms with E-state index in [1.807, 2.05) is 6.92 Å². The molecule has 27 heavy (non-hydrogen) atoms. The molecule has 0 spiro atoms. The lowest BCUT2D eigenvalue weighted by atomic mass is 9.86. The fourth-order valence-electron chi connectivity index (χ4n) is 3.24. The summed E-state index contributed by atoms with van der Waals surface area (Å²) in [6.45, 7) is 3.12. The quantitative estimate of drug-likeness (QED) is 0.629. The molecule has 154 valence electrons. The molecule has 1 heterocycles. The van der Waals surface area contributed by atoms with Crippen LogP contribution in [0.1, 0.15) is 44.1 Å². The lowest BCUT2D eigenvalue weighted by molar-refractivity contribution is -0.119. The fraction of sp³-hybridized carbons (Fsp3) is 0.611. The van der Waals surface area contributed by atoms with Crippen molar-refractivity contribution in [2.45, 2.75) is 44.6 Å². The highest BCUT2D eigenvalue weighted by molar-refractivity contribution is 7.92. The molecule has 2 unspecified atom stereocenters. The van der Waals surface area contributed by atoms with Gasteiger partial charge in [0.25, 0.3) is 0 Å². The van der Waals surface area contributed by atoms with Crippen molar-refractivity contribution in [2.24, 2.45) is 0 Å². The lowest BCUT2D eigenvalue weighted by Gasteiger charge is -2.33. The summed E-state index contributed by atoms with van der Waals surface area (Å²) in [5.74, 6) is -3.13. The number of carbonyl (C=O) groups is 1. The Morgan fingerprint density at radius 1 is 1.26 bits per heavy atom. The van der Waals surface area contributed by atoms with Gasteiger partial charge in [0.2, 0.25) is 5.91 Å². The molecule has 1 aromatic rings. The van der Waals surface area contributed by atoms with E-state index in [1.54, 1.807) is 0 Å². The van der Waals surface area contributed by atoms with Gasteiger partial charge in [0.05, 0.1) is 5.75 Å². The predicted octanol–water partition coefficient (Wildman–Crippen LogP) is 2.55. The number of hydrogen-bond donors (Lipinski definition) is 2. The number of carbonyl (C=O) groups excluding carboxylic acids is 1. The molecule has 0 radical (unpaired) electrons. The molecule has 1 amide bonds. The van der Waals surface area contributed by atoms with Crippen molar-refractivity contribution in [3.63, 3.8) is 0 Å². The number of nitrogens with one attached hydrogen (secondary N) is 2. The van der Waals surface area contributed by atoms with Crippen LogP contribution < -0.4 is 10.6 Å². The zero-order valence-corrected chi connectivity index (χ0v) is 17.0. The van der Waals surface area contributed by atoms with Crippen LogP contribution in [0.5, 0.6) is 0 Å². The summed E-state index contributed by atoms with van der Waals surface area (Å²) in [6.07, 6.45) is 2.91. The van der Waals surface area contributed by atoms with E-state index in [2.05, 4.69) is 10.6 Å². The van der Waals surface area contributed by atoms with Gasteiger partial charge in [-0.1, -0.05) is 25.8 Å². The number of unbranched alkanes of at least 4 members (excludes halogenated alkanes) is 2. The Kier molecular flexibility index (Phi) is 9.62. The topological polar surface area (TPSA) is 75.3 Å². The van der Waals surface area contributed by atoms with E-state index in [0.717, 1.165) is 25.0 Å². The molecule has 0 aliphatic carbocycles. The summed E-state index contributed by atoms with van der Waals surface area (Å²) >= 11 is 0. The van der Waals surface area contributed by atoms with Gasteiger partial charge in [-0.25, -0.2) is 17.2 Å². The first-order valence-electron chi connectivity index (χ1n) is 8.98. The second-order valence-electron chi connectivity index (χ2n) is 6.75. The van der Waals surface area contributed by atoms with Crippen LogP contribution in [0.15, 0.2) is 18.2 Å². The Bertz CT molecular complexity index is 731. The Morgan fingerprint density at radius 2 is 2.00 bits per heavy atom. The molecule has 0 aromatic heterocycles. The Balaban J connectivity index is 0.00000364. The Morgan fingerprint density at radius 3 is 2.67 bits per heavy atom. The summed E-state index contributed by atoms with van der Waals surface area (Å²) in [5.41, 5.74) is 0.599. The molecule has 1 aliphatic rings. The standard InChI is InChI=1S/C18H26F2N2O3S.ClH/c1-2-3-4-9-26(24,25)12-18(23)22-17-11-21-8-7-14(17)13-5-6-15(19)16(20)10-13;/h5-6,10,14,17,21H,2-4,7-9,11-12H2,1H3,(H,22,23);1H. The lowest BCUT2D eigenvalue weighted by Crippen LogP contribution is -2.51. The normalized spacial score (nSPS) is 20.0. The van der Waals surface area contributed by atoms with E-state index < -0.39 is 33.1 Å². The number of halogens is 3. The van der Waals surface area contributed by atoms with Crippen molar-refractivity contribution in [2.75, 3.05) is 24.6 Å². The maximum Gasteiger partial charge on any atom is 0.235 e. The van der Waals surface area contributed by atoms with Crippen LogP contribution in [-0.4, -0.2) is 45.0 Å². The largest absolute Gasteiger partial charge is 0.351 e. The molecule has 1 fully saturated rings. The highest BCUT2D eigenvalue weighted by atomic mass is 35.5. The van der Waals surface area contributed by atoms with E-state index in [4.69, 9.17) is 0 Å². The number of piperidine rings is 1. The summed E-state index contributed by atoms with van der Waals surface area (Å²) in [4.78, 5) is 12.2. The molecule has 1 saturated heterocycles. The van der Waals surface area contributed by atoms with Crippen molar-refractivity contribution >= 4 is 28.2 Å². The monoisotopic (exact) mass is 424 g/mol. The molecular formula is C18H27ClF2N2O3S. The van der Waals surface area contributed by atoms with Gasteiger partial charge in [-0.15, -0.1) is 12.4 Å². The van der Waals surface area contributed by atoms with Gasteiger partial charge in [0, 0.05) is 18.5 Å². The third-order valence-corrected chi connectivity index (χ3v) is 6.22. The minimum absolute atomic E-state index is 0. The summed E-state index contributed by atoms with van der Waals surface area (Å²) in [5, 5.41) is 5.89. The Labute approximate surface area is 165 Å². The second kappa shape index (κ2) is 10.9. The second-order valence-corrected chi connectivity index (χ2v) is 8.93. The maximum absolute atomic E-state index is 13.5. The summed E-state index contributed by atoms with van der Waals surface area (Å²) in [6, 6.07) is 3.36. The van der Waals surface area contributed by atoms with Crippen molar-refractivity contribution in [3.05, 3.63) is 35.4 Å². The number of hydrogen-bond acceptors (Lipinski definition) is 4. The number of amides is 1. The van der Waals surface area contributed by atoms with Gasteiger partial charge in [-0.05, 0) is 37.1 Å². The molecular weight excluding hydrogens is 398 g/mol. The van der Waals surface area contributed by atoms with E-state index in [1.165, 1.54) is 6.07 Å². The highest BCUT2D eigenvalue weighted by Crippen LogP contribution is 2.27. The number of benzene rings is 1. The number of rotatable bonds is 8. The van der Waals surface area contributed by atoms with Crippen LogP contribution in [0.3, 0.4) is 0 Å². The van der Waals surface area contributed by atoms with E-state index >= 15 is 0 Å². The third-order valence-electron chi connectivity index (χ3n) is 4.61. The highest BCUT2D eigenvalue weighted by Gasteiger charge is 2.29. The molecule has 1 aromatic carbocycles. The molecule has 1 aliphatic heterocycles. The average molecular weight is 425 g/mol. The minimum atomic E-state index is -3.44. The fourth-order valence-corrected chi connectivity index (χ4v) is 4.52. The van der Waals surface area contributed by atoms with Gasteiger partial charge in [-0.2, -0.15) is 0 Å². The zero-order chi connectivity index (χ0) is 19.2. The molecule has 2 rings (SSSR count). The maximum atomic E-state index is 13.5. The molecule has 5 nitrogen and oxygen atoms in total. The summed E-state index contributed by atoms with van der Waals surface area (Å²) in [7, 11) is -3.44.